The maximum atomic E-state index is 12.9. The molecule has 9 nitrogen and oxygen atoms in total. The van der Waals surface area contributed by atoms with Gasteiger partial charge in [0.2, 0.25) is 0 Å². The molecule has 2 aromatic carbocycles. The normalized spacial score (nSPS) is 24.5. The number of hydrogen-bond donors (Lipinski definition) is 0. The third-order valence-corrected chi connectivity index (χ3v) is 7.32. The first-order valence-electron chi connectivity index (χ1n) is 11.3. The van der Waals surface area contributed by atoms with E-state index in [1.54, 1.807) is 24.3 Å². The van der Waals surface area contributed by atoms with E-state index in [1.165, 1.54) is 18.3 Å². The van der Waals surface area contributed by atoms with E-state index in [9.17, 15) is 19.7 Å². The summed E-state index contributed by atoms with van der Waals surface area (Å²) in [5.41, 5.74) is 1.24. The molecule has 2 amide bonds. The van der Waals surface area contributed by atoms with Crippen LogP contribution in [0.4, 0.5) is 5.69 Å². The highest BCUT2D eigenvalue weighted by Crippen LogP contribution is 2.52. The van der Waals surface area contributed by atoms with Gasteiger partial charge in [0.05, 0.1) is 29.6 Å². The molecule has 2 fully saturated rings. The second-order valence-corrected chi connectivity index (χ2v) is 9.56. The van der Waals surface area contributed by atoms with Crippen molar-refractivity contribution in [1.82, 2.24) is 5.01 Å². The van der Waals surface area contributed by atoms with E-state index < -0.39 is 4.92 Å². The molecular weight excluding hydrogens is 518 g/mol. The summed E-state index contributed by atoms with van der Waals surface area (Å²) in [4.78, 5) is 36.3. The minimum absolute atomic E-state index is 0.0113. The van der Waals surface area contributed by atoms with Crippen molar-refractivity contribution in [3.8, 4) is 11.5 Å². The minimum Gasteiger partial charge on any atom is -0.490 e. The molecule has 2 aliphatic carbocycles. The largest absolute Gasteiger partial charge is 0.490 e. The molecule has 3 aliphatic rings. The Balaban J connectivity index is 1.34. The van der Waals surface area contributed by atoms with E-state index in [4.69, 9.17) is 9.47 Å². The molecule has 4 atom stereocenters. The highest BCUT2D eigenvalue weighted by atomic mass is 79.9. The number of nitrogens with zero attached hydrogens (tertiary/aromatic N) is 3. The Labute approximate surface area is 209 Å². The SMILES string of the molecule is CCOc1cc(C=NN2C(=O)[C@@H]3[C@H](C2=O)[C@H]2C=C[C@H]3C2)c(Br)cc1OCc1cccc([N+](=O)[O-])c1. The van der Waals surface area contributed by atoms with Crippen molar-refractivity contribution >= 4 is 39.6 Å². The first-order chi connectivity index (χ1) is 16.9. The van der Waals surface area contributed by atoms with E-state index in [-0.39, 0.29) is 47.8 Å². The van der Waals surface area contributed by atoms with Gasteiger partial charge in [0.15, 0.2) is 11.5 Å². The zero-order valence-electron chi connectivity index (χ0n) is 18.8. The van der Waals surface area contributed by atoms with Gasteiger partial charge in [-0.25, -0.2) is 0 Å². The number of carbonyl (C=O) groups is 2. The summed E-state index contributed by atoms with van der Waals surface area (Å²) in [6, 6.07) is 9.63. The van der Waals surface area contributed by atoms with E-state index in [2.05, 4.69) is 21.0 Å². The lowest BCUT2D eigenvalue weighted by Gasteiger charge is -2.14. The van der Waals surface area contributed by atoms with Crippen LogP contribution in [0.1, 0.15) is 24.5 Å². The molecule has 1 saturated heterocycles. The molecule has 10 heteroatoms. The van der Waals surface area contributed by atoms with Crippen LogP contribution in [0.3, 0.4) is 0 Å². The minimum atomic E-state index is -0.454. The van der Waals surface area contributed by atoms with Gasteiger partial charge >= 0.3 is 0 Å². The van der Waals surface area contributed by atoms with Gasteiger partial charge < -0.3 is 9.47 Å². The van der Waals surface area contributed by atoms with Gasteiger partial charge in [-0.3, -0.25) is 19.7 Å². The Morgan fingerprint density at radius 2 is 1.80 bits per heavy atom. The van der Waals surface area contributed by atoms with Gasteiger partial charge in [-0.1, -0.05) is 24.3 Å². The second kappa shape index (κ2) is 9.26. The van der Waals surface area contributed by atoms with E-state index in [0.29, 0.717) is 33.7 Å². The summed E-state index contributed by atoms with van der Waals surface area (Å²) in [5.74, 6) is 0.0372. The summed E-state index contributed by atoms with van der Waals surface area (Å²) < 4.78 is 12.2. The Hall–Kier alpha value is -3.53. The topological polar surface area (TPSA) is 111 Å². The zero-order valence-corrected chi connectivity index (χ0v) is 20.4. The number of allylic oxidation sites excluding steroid dienone is 2. The molecule has 1 aliphatic heterocycles. The lowest BCUT2D eigenvalue weighted by Crippen LogP contribution is -2.28. The third kappa shape index (κ3) is 4.22. The van der Waals surface area contributed by atoms with Crippen molar-refractivity contribution in [2.45, 2.75) is 20.0 Å². The molecule has 5 rings (SSSR count). The first kappa shape index (κ1) is 23.2. The first-order valence-corrected chi connectivity index (χ1v) is 12.1. The number of fused-ring (bicyclic) bond motifs is 5. The van der Waals surface area contributed by atoms with Crippen molar-refractivity contribution in [3.05, 3.63) is 74.3 Å². The van der Waals surface area contributed by atoms with Gasteiger partial charge in [0.1, 0.15) is 6.61 Å². The van der Waals surface area contributed by atoms with Crippen LogP contribution in [0, 0.1) is 33.8 Å². The van der Waals surface area contributed by atoms with Gasteiger partial charge in [0, 0.05) is 22.2 Å². The predicted octanol–water partition coefficient (Wildman–Crippen LogP) is 4.48. The third-order valence-electron chi connectivity index (χ3n) is 6.64. The Bertz CT molecular complexity index is 1250. The van der Waals surface area contributed by atoms with Crippen LogP contribution in [-0.4, -0.2) is 34.6 Å². The molecule has 35 heavy (non-hydrogen) atoms. The van der Waals surface area contributed by atoms with Crippen LogP contribution in [0.2, 0.25) is 0 Å². The van der Waals surface area contributed by atoms with Crippen LogP contribution in [-0.2, 0) is 16.2 Å². The fraction of sp³-hybridized carbons (Fsp3) is 0.320. The number of benzene rings is 2. The fourth-order valence-corrected chi connectivity index (χ4v) is 5.50. The molecule has 0 aromatic heterocycles. The number of hydrazone groups is 1. The van der Waals surface area contributed by atoms with Gasteiger partial charge in [-0.15, -0.1) is 0 Å². The van der Waals surface area contributed by atoms with Crippen molar-refractivity contribution in [2.75, 3.05) is 6.61 Å². The maximum Gasteiger partial charge on any atom is 0.269 e. The van der Waals surface area contributed by atoms with Crippen LogP contribution in [0.25, 0.3) is 0 Å². The number of nitro benzene ring substituents is 1. The Morgan fingerprint density at radius 1 is 1.11 bits per heavy atom. The smallest absolute Gasteiger partial charge is 0.269 e. The standard InChI is InChI=1S/C25H22BrN3O6/c1-2-34-20-10-17(12-27-28-24(30)22-15-6-7-16(9-15)23(22)25(28)31)19(26)11-21(20)35-13-14-4-3-5-18(8-14)29(32)33/h3-8,10-12,15-16,22-23H,2,9,13H2,1H3/t15-,16-,22-,23+/m0/s1. The zero-order chi connectivity index (χ0) is 24.7. The number of carbonyl (C=O) groups excluding carboxylic acids is 2. The average molecular weight is 540 g/mol. The Morgan fingerprint density at radius 3 is 2.46 bits per heavy atom. The molecule has 1 saturated carbocycles. The van der Waals surface area contributed by atoms with Gasteiger partial charge in [0.25, 0.3) is 17.5 Å². The molecule has 180 valence electrons. The number of imide groups is 1. The summed E-state index contributed by atoms with van der Waals surface area (Å²) in [7, 11) is 0. The number of rotatable bonds is 8. The monoisotopic (exact) mass is 539 g/mol. The number of ether oxygens (including phenoxy) is 2. The number of halogens is 1. The maximum absolute atomic E-state index is 12.9. The molecule has 0 radical (unpaired) electrons. The van der Waals surface area contributed by atoms with Crippen LogP contribution >= 0.6 is 15.9 Å². The lowest BCUT2D eigenvalue weighted by molar-refractivity contribution is -0.384. The second-order valence-electron chi connectivity index (χ2n) is 8.70. The van der Waals surface area contributed by atoms with Crippen LogP contribution in [0.5, 0.6) is 11.5 Å². The summed E-state index contributed by atoms with van der Waals surface area (Å²) in [5, 5.41) is 16.3. The van der Waals surface area contributed by atoms with Crippen molar-refractivity contribution in [3.63, 3.8) is 0 Å². The van der Waals surface area contributed by atoms with Crippen molar-refractivity contribution < 1.29 is 24.0 Å². The molecule has 2 aromatic rings. The number of nitro groups is 1. The quantitative estimate of drug-likeness (QED) is 0.161. The van der Waals surface area contributed by atoms with Crippen molar-refractivity contribution in [1.29, 1.82) is 0 Å². The molecule has 1 heterocycles. The van der Waals surface area contributed by atoms with Gasteiger partial charge in [-0.2, -0.15) is 10.1 Å². The lowest BCUT2D eigenvalue weighted by atomic mass is 9.85. The molecule has 2 bridgehead atoms. The van der Waals surface area contributed by atoms with Crippen LogP contribution in [0.15, 0.2) is 58.1 Å². The van der Waals surface area contributed by atoms with E-state index in [1.807, 2.05) is 19.1 Å². The predicted molar refractivity (Wildman–Crippen MR) is 130 cm³/mol. The van der Waals surface area contributed by atoms with Gasteiger partial charge in [-0.05, 0) is 58.8 Å². The highest BCUT2D eigenvalue weighted by Gasteiger charge is 2.59. The summed E-state index contributed by atoms with van der Waals surface area (Å²) in [6.07, 6.45) is 6.41. The van der Waals surface area contributed by atoms with Crippen molar-refractivity contribution in [2.24, 2.45) is 28.8 Å². The molecule has 0 N–H and O–H groups in total. The fourth-order valence-electron chi connectivity index (χ4n) is 5.07. The number of amides is 2. The Kier molecular flexibility index (Phi) is 6.14. The van der Waals surface area contributed by atoms with E-state index in [0.717, 1.165) is 11.4 Å². The van der Waals surface area contributed by atoms with E-state index >= 15 is 0 Å². The molecular formula is C25H22BrN3O6. The van der Waals surface area contributed by atoms with Crippen LogP contribution < -0.4 is 9.47 Å². The molecule has 0 unspecified atom stereocenters. The highest BCUT2D eigenvalue weighted by molar-refractivity contribution is 9.10. The number of non-ortho nitro benzene ring substituents is 1. The summed E-state index contributed by atoms with van der Waals surface area (Å²) >= 11 is 3.49. The average Bonchev–Trinajstić information content (AvgIpc) is 3.52. The number of hydrogen-bond acceptors (Lipinski definition) is 7. The molecule has 0 spiro atoms. The summed E-state index contributed by atoms with van der Waals surface area (Å²) in [6.45, 7) is 2.33.